The van der Waals surface area contributed by atoms with E-state index < -0.39 is 0 Å². The molecule has 0 aliphatic carbocycles. The average Bonchev–Trinajstić information content (AvgIpc) is 2.52. The summed E-state index contributed by atoms with van der Waals surface area (Å²) in [6, 6.07) is 16.9. The van der Waals surface area contributed by atoms with Gasteiger partial charge in [-0.15, -0.1) is 11.6 Å². The number of hydrogen-bond acceptors (Lipinski definition) is 2. The van der Waals surface area contributed by atoms with Crippen LogP contribution in [0.4, 0.5) is 0 Å². The standard InChI is InChI=1S/C18H22ClNO/c1-14-8-9-18(21-2)16(10-14)13-20-17(12-19)11-15-6-4-3-5-7-15/h3-10,17,20H,11-13H2,1-2H3. The number of benzene rings is 2. The molecule has 2 aromatic rings. The Morgan fingerprint density at radius 1 is 1.14 bits per heavy atom. The van der Waals surface area contributed by atoms with Crippen molar-refractivity contribution in [2.45, 2.75) is 25.9 Å². The van der Waals surface area contributed by atoms with Gasteiger partial charge in [0.25, 0.3) is 0 Å². The third kappa shape index (κ3) is 4.76. The molecule has 2 nitrogen and oxygen atoms in total. The Bertz CT molecular complexity index is 556. The first kappa shape index (κ1) is 15.9. The summed E-state index contributed by atoms with van der Waals surface area (Å²) in [5.41, 5.74) is 3.70. The second-order valence-corrected chi connectivity index (χ2v) is 5.55. The first-order valence-corrected chi connectivity index (χ1v) is 7.73. The zero-order chi connectivity index (χ0) is 15.1. The van der Waals surface area contributed by atoms with Crippen LogP contribution in [0.2, 0.25) is 0 Å². The van der Waals surface area contributed by atoms with Crippen LogP contribution in [0.15, 0.2) is 48.5 Å². The molecule has 0 amide bonds. The highest BCUT2D eigenvalue weighted by molar-refractivity contribution is 6.18. The molecule has 0 aliphatic rings. The number of alkyl halides is 1. The Labute approximate surface area is 132 Å². The summed E-state index contributed by atoms with van der Waals surface area (Å²) < 4.78 is 5.41. The number of rotatable bonds is 7. The minimum absolute atomic E-state index is 0.249. The summed E-state index contributed by atoms with van der Waals surface area (Å²) >= 11 is 6.09. The van der Waals surface area contributed by atoms with Gasteiger partial charge in [0.2, 0.25) is 0 Å². The second kappa shape index (κ2) is 8.06. The fourth-order valence-corrected chi connectivity index (χ4v) is 2.60. The van der Waals surface area contributed by atoms with Gasteiger partial charge in [0, 0.05) is 24.0 Å². The van der Waals surface area contributed by atoms with Gasteiger partial charge in [-0.25, -0.2) is 0 Å². The number of hydrogen-bond donors (Lipinski definition) is 1. The molecule has 0 saturated heterocycles. The zero-order valence-electron chi connectivity index (χ0n) is 12.6. The van der Waals surface area contributed by atoms with E-state index in [4.69, 9.17) is 16.3 Å². The number of halogens is 1. The van der Waals surface area contributed by atoms with Gasteiger partial charge >= 0.3 is 0 Å². The van der Waals surface area contributed by atoms with Crippen LogP contribution in [0.5, 0.6) is 5.75 Å². The smallest absolute Gasteiger partial charge is 0.123 e. The zero-order valence-corrected chi connectivity index (χ0v) is 13.4. The lowest BCUT2D eigenvalue weighted by atomic mass is 10.1. The lowest BCUT2D eigenvalue weighted by Crippen LogP contribution is -2.32. The van der Waals surface area contributed by atoms with Crippen molar-refractivity contribution in [3.8, 4) is 5.75 Å². The molecule has 112 valence electrons. The van der Waals surface area contributed by atoms with Crippen molar-refractivity contribution >= 4 is 11.6 Å². The molecule has 21 heavy (non-hydrogen) atoms. The fourth-order valence-electron chi connectivity index (χ4n) is 2.38. The Kier molecular flexibility index (Phi) is 6.09. The van der Waals surface area contributed by atoms with E-state index >= 15 is 0 Å². The number of methoxy groups -OCH3 is 1. The monoisotopic (exact) mass is 303 g/mol. The third-order valence-corrected chi connectivity index (χ3v) is 3.90. The highest BCUT2D eigenvalue weighted by Gasteiger charge is 2.10. The molecule has 0 saturated carbocycles. The van der Waals surface area contributed by atoms with Crippen LogP contribution in [0.3, 0.4) is 0 Å². The molecular weight excluding hydrogens is 282 g/mol. The van der Waals surface area contributed by atoms with Gasteiger partial charge in [-0.3, -0.25) is 0 Å². The van der Waals surface area contributed by atoms with Crippen molar-refractivity contribution in [1.29, 1.82) is 0 Å². The number of aryl methyl sites for hydroxylation is 1. The summed E-state index contributed by atoms with van der Waals surface area (Å²) in [5, 5.41) is 3.52. The van der Waals surface area contributed by atoms with Gasteiger partial charge in [-0.2, -0.15) is 0 Å². The van der Waals surface area contributed by atoms with Crippen LogP contribution in [0.25, 0.3) is 0 Å². The number of nitrogens with one attached hydrogen (secondary N) is 1. The van der Waals surface area contributed by atoms with Crippen molar-refractivity contribution in [3.05, 3.63) is 65.2 Å². The summed E-state index contributed by atoms with van der Waals surface area (Å²) in [5.74, 6) is 1.50. The molecule has 0 bridgehead atoms. The highest BCUT2D eigenvalue weighted by Crippen LogP contribution is 2.19. The lowest BCUT2D eigenvalue weighted by Gasteiger charge is -2.17. The Morgan fingerprint density at radius 2 is 1.90 bits per heavy atom. The van der Waals surface area contributed by atoms with Crippen LogP contribution < -0.4 is 10.1 Å². The van der Waals surface area contributed by atoms with Gasteiger partial charge in [-0.1, -0.05) is 48.0 Å². The first-order chi connectivity index (χ1) is 10.2. The van der Waals surface area contributed by atoms with E-state index in [2.05, 4.69) is 48.6 Å². The molecule has 0 aliphatic heterocycles. The van der Waals surface area contributed by atoms with Crippen molar-refractivity contribution in [2.24, 2.45) is 0 Å². The summed E-state index contributed by atoms with van der Waals surface area (Å²) in [7, 11) is 1.71. The molecule has 2 rings (SSSR count). The van der Waals surface area contributed by atoms with Gasteiger partial charge in [0.15, 0.2) is 0 Å². The third-order valence-electron chi connectivity index (χ3n) is 3.53. The van der Waals surface area contributed by atoms with E-state index in [0.29, 0.717) is 5.88 Å². The predicted molar refractivity (Wildman–Crippen MR) is 89.2 cm³/mol. The normalized spacial score (nSPS) is 12.1. The van der Waals surface area contributed by atoms with Crippen LogP contribution in [0, 0.1) is 6.92 Å². The van der Waals surface area contributed by atoms with E-state index in [9.17, 15) is 0 Å². The van der Waals surface area contributed by atoms with E-state index in [-0.39, 0.29) is 6.04 Å². The minimum Gasteiger partial charge on any atom is -0.496 e. The molecular formula is C18H22ClNO. The van der Waals surface area contributed by atoms with E-state index in [1.807, 2.05) is 12.1 Å². The van der Waals surface area contributed by atoms with Crippen molar-refractivity contribution in [1.82, 2.24) is 5.32 Å². The van der Waals surface area contributed by atoms with Gasteiger partial charge < -0.3 is 10.1 Å². The minimum atomic E-state index is 0.249. The number of ether oxygens (including phenoxy) is 1. The van der Waals surface area contributed by atoms with Crippen molar-refractivity contribution in [2.75, 3.05) is 13.0 Å². The van der Waals surface area contributed by atoms with Gasteiger partial charge in [0.1, 0.15) is 5.75 Å². The van der Waals surface area contributed by atoms with Crippen molar-refractivity contribution in [3.63, 3.8) is 0 Å². The first-order valence-electron chi connectivity index (χ1n) is 7.19. The van der Waals surface area contributed by atoms with Crippen LogP contribution in [-0.2, 0) is 13.0 Å². The van der Waals surface area contributed by atoms with Crippen LogP contribution >= 0.6 is 11.6 Å². The molecule has 0 fully saturated rings. The largest absolute Gasteiger partial charge is 0.496 e. The van der Waals surface area contributed by atoms with Crippen LogP contribution in [0.1, 0.15) is 16.7 Å². The maximum atomic E-state index is 6.09. The highest BCUT2D eigenvalue weighted by atomic mass is 35.5. The fraction of sp³-hybridized carbons (Fsp3) is 0.333. The van der Waals surface area contributed by atoms with E-state index in [1.165, 1.54) is 16.7 Å². The SMILES string of the molecule is COc1ccc(C)cc1CNC(CCl)Cc1ccccc1. The summed E-state index contributed by atoms with van der Waals surface area (Å²) in [6.45, 7) is 2.85. The Hall–Kier alpha value is -1.51. The second-order valence-electron chi connectivity index (χ2n) is 5.24. The average molecular weight is 304 g/mol. The molecule has 3 heteroatoms. The molecule has 1 unspecified atom stereocenters. The van der Waals surface area contributed by atoms with E-state index in [1.54, 1.807) is 7.11 Å². The molecule has 1 N–H and O–H groups in total. The Balaban J connectivity index is 1.98. The van der Waals surface area contributed by atoms with Crippen molar-refractivity contribution < 1.29 is 4.74 Å². The maximum absolute atomic E-state index is 6.09. The predicted octanol–water partition coefficient (Wildman–Crippen LogP) is 3.94. The van der Waals surface area contributed by atoms with Crippen LogP contribution in [-0.4, -0.2) is 19.0 Å². The quantitative estimate of drug-likeness (QED) is 0.782. The molecule has 0 aromatic heterocycles. The molecule has 2 aromatic carbocycles. The summed E-state index contributed by atoms with van der Waals surface area (Å²) in [4.78, 5) is 0. The lowest BCUT2D eigenvalue weighted by molar-refractivity contribution is 0.405. The Morgan fingerprint density at radius 3 is 2.57 bits per heavy atom. The summed E-state index contributed by atoms with van der Waals surface area (Å²) in [6.07, 6.45) is 0.929. The van der Waals surface area contributed by atoms with Gasteiger partial charge in [0.05, 0.1) is 7.11 Å². The topological polar surface area (TPSA) is 21.3 Å². The molecule has 0 heterocycles. The molecule has 1 atom stereocenters. The van der Waals surface area contributed by atoms with Gasteiger partial charge in [-0.05, 0) is 25.0 Å². The maximum Gasteiger partial charge on any atom is 0.123 e. The van der Waals surface area contributed by atoms with E-state index in [0.717, 1.165) is 18.7 Å². The molecule has 0 spiro atoms. The molecule has 0 radical (unpaired) electrons.